The van der Waals surface area contributed by atoms with Crippen LogP contribution in [-0.4, -0.2) is 31.1 Å². The quantitative estimate of drug-likeness (QED) is 0.656. The minimum Gasteiger partial charge on any atom is -0.356 e. The van der Waals surface area contributed by atoms with Gasteiger partial charge in [-0.2, -0.15) is 0 Å². The number of aliphatic imine (C=N–C) groups is 1. The number of hydrogen-bond acceptors (Lipinski definition) is 2. The summed E-state index contributed by atoms with van der Waals surface area (Å²) in [4.78, 5) is 8.60. The number of nitrogens with zero attached hydrogens (tertiary/aromatic N) is 2. The summed E-state index contributed by atoms with van der Waals surface area (Å²) < 4.78 is 0. The Hall–Kier alpha value is -2.36. The van der Waals surface area contributed by atoms with Crippen LogP contribution >= 0.6 is 0 Å². The minimum atomic E-state index is 0.602. The molecule has 0 bridgehead atoms. The van der Waals surface area contributed by atoms with Crippen molar-refractivity contribution in [3.8, 4) is 0 Å². The second-order valence-electron chi connectivity index (χ2n) is 5.55. The molecule has 0 spiro atoms. The maximum atomic E-state index is 4.32. The van der Waals surface area contributed by atoms with Crippen molar-refractivity contribution in [2.75, 3.05) is 20.1 Å². The first-order chi connectivity index (χ1) is 10.9. The van der Waals surface area contributed by atoms with E-state index in [1.54, 1.807) is 0 Å². The van der Waals surface area contributed by atoms with E-state index in [1.165, 1.54) is 11.1 Å². The van der Waals surface area contributed by atoms with Gasteiger partial charge in [0, 0.05) is 44.4 Å². The zero-order valence-corrected chi connectivity index (χ0v) is 12.9. The van der Waals surface area contributed by atoms with Crippen LogP contribution in [0.25, 0.3) is 0 Å². The van der Waals surface area contributed by atoms with Crippen molar-refractivity contribution < 1.29 is 0 Å². The van der Waals surface area contributed by atoms with E-state index >= 15 is 0 Å². The van der Waals surface area contributed by atoms with E-state index in [9.17, 15) is 0 Å². The van der Waals surface area contributed by atoms with Crippen LogP contribution in [0.4, 0.5) is 0 Å². The van der Waals surface area contributed by atoms with Gasteiger partial charge in [0.05, 0.1) is 0 Å². The van der Waals surface area contributed by atoms with Gasteiger partial charge >= 0.3 is 0 Å². The molecule has 22 heavy (non-hydrogen) atoms. The van der Waals surface area contributed by atoms with Gasteiger partial charge in [0.1, 0.15) is 0 Å². The third-order valence-corrected chi connectivity index (χ3v) is 4.10. The summed E-state index contributed by atoms with van der Waals surface area (Å²) in [5.74, 6) is 1.46. The molecule has 4 nitrogen and oxygen atoms in total. The van der Waals surface area contributed by atoms with E-state index in [-0.39, 0.29) is 0 Å². The number of fused-ring (bicyclic) bond motifs is 1. The number of hydrogen-bond donors (Lipinski definition) is 2. The molecular weight excluding hydrogens is 272 g/mol. The summed E-state index contributed by atoms with van der Waals surface area (Å²) in [7, 11) is 1.81. The second-order valence-corrected chi connectivity index (χ2v) is 5.55. The molecule has 1 heterocycles. The third-order valence-electron chi connectivity index (χ3n) is 4.10. The highest BCUT2D eigenvalue weighted by molar-refractivity contribution is 5.79. The van der Waals surface area contributed by atoms with Crippen molar-refractivity contribution >= 4 is 5.96 Å². The lowest BCUT2D eigenvalue weighted by Gasteiger charge is -2.30. The molecule has 0 aliphatic heterocycles. The highest BCUT2D eigenvalue weighted by atomic mass is 15.2. The van der Waals surface area contributed by atoms with Gasteiger partial charge < -0.3 is 10.6 Å². The minimum absolute atomic E-state index is 0.602. The van der Waals surface area contributed by atoms with Gasteiger partial charge in [0.15, 0.2) is 5.96 Å². The molecule has 0 fully saturated rings. The molecule has 0 saturated heterocycles. The molecule has 2 aromatic rings. The first-order valence-electron chi connectivity index (χ1n) is 7.79. The lowest BCUT2D eigenvalue weighted by molar-refractivity contribution is 0.584. The topological polar surface area (TPSA) is 49.3 Å². The van der Waals surface area contributed by atoms with Crippen LogP contribution in [0.2, 0.25) is 0 Å². The van der Waals surface area contributed by atoms with Crippen LogP contribution < -0.4 is 10.6 Å². The maximum Gasteiger partial charge on any atom is 0.191 e. The summed E-state index contributed by atoms with van der Waals surface area (Å²) in [6.07, 6.45) is 3.89. The zero-order chi connectivity index (χ0) is 15.2. The molecule has 4 heteroatoms. The SMILES string of the molecule is CN=C(NCCc1ccccn1)NCC1Cc2ccccc21. The monoisotopic (exact) mass is 294 g/mol. The lowest BCUT2D eigenvalue weighted by atomic mass is 9.78. The van der Waals surface area contributed by atoms with Crippen molar-refractivity contribution in [3.05, 3.63) is 65.5 Å². The summed E-state index contributed by atoms with van der Waals surface area (Å²) in [6, 6.07) is 14.7. The van der Waals surface area contributed by atoms with E-state index in [0.29, 0.717) is 5.92 Å². The fourth-order valence-electron chi connectivity index (χ4n) is 2.84. The molecule has 0 radical (unpaired) electrons. The smallest absolute Gasteiger partial charge is 0.191 e. The standard InChI is InChI=1S/C18H22N4/c1-19-18(21-11-9-16-7-4-5-10-20-16)22-13-15-12-14-6-2-3-8-17(14)15/h2-8,10,15H,9,11-13H2,1H3,(H2,19,21,22). The molecule has 1 aliphatic rings. The molecule has 0 amide bonds. The number of nitrogens with one attached hydrogen (secondary N) is 2. The second kappa shape index (κ2) is 7.07. The summed E-state index contributed by atoms with van der Waals surface area (Å²) in [6.45, 7) is 1.76. The van der Waals surface area contributed by atoms with E-state index in [0.717, 1.165) is 37.6 Å². The van der Waals surface area contributed by atoms with Crippen molar-refractivity contribution in [1.82, 2.24) is 15.6 Å². The van der Waals surface area contributed by atoms with E-state index < -0.39 is 0 Å². The Balaban J connectivity index is 1.42. The van der Waals surface area contributed by atoms with Crippen molar-refractivity contribution in [1.29, 1.82) is 0 Å². The number of pyridine rings is 1. The van der Waals surface area contributed by atoms with E-state index in [2.05, 4.69) is 44.9 Å². The zero-order valence-electron chi connectivity index (χ0n) is 12.9. The van der Waals surface area contributed by atoms with Crippen LogP contribution in [0, 0.1) is 0 Å². The largest absolute Gasteiger partial charge is 0.356 e. The third kappa shape index (κ3) is 3.45. The number of aromatic nitrogens is 1. The van der Waals surface area contributed by atoms with Gasteiger partial charge in [-0.15, -0.1) is 0 Å². The molecule has 114 valence electrons. The van der Waals surface area contributed by atoms with Gasteiger partial charge in [-0.05, 0) is 29.7 Å². The average molecular weight is 294 g/mol. The average Bonchev–Trinajstić information content (AvgIpc) is 2.55. The van der Waals surface area contributed by atoms with E-state index in [1.807, 2.05) is 31.4 Å². The molecule has 1 aromatic heterocycles. The molecule has 1 atom stereocenters. The predicted octanol–water partition coefficient (Wildman–Crippen LogP) is 2.13. The number of benzene rings is 1. The Bertz CT molecular complexity index is 637. The first-order valence-corrected chi connectivity index (χ1v) is 7.79. The molecular formula is C18H22N4. The Labute approximate surface area is 131 Å². The van der Waals surface area contributed by atoms with Crippen LogP contribution in [0.5, 0.6) is 0 Å². The Morgan fingerprint density at radius 1 is 1.18 bits per heavy atom. The van der Waals surface area contributed by atoms with E-state index in [4.69, 9.17) is 0 Å². The summed E-state index contributed by atoms with van der Waals surface area (Å²) >= 11 is 0. The van der Waals surface area contributed by atoms with Gasteiger partial charge in [-0.1, -0.05) is 30.3 Å². The van der Waals surface area contributed by atoms with Crippen molar-refractivity contribution in [2.45, 2.75) is 18.8 Å². The normalized spacial score (nSPS) is 16.6. The van der Waals surface area contributed by atoms with Crippen molar-refractivity contribution in [2.24, 2.45) is 4.99 Å². The molecule has 1 aromatic carbocycles. The van der Waals surface area contributed by atoms with Gasteiger partial charge in [0.2, 0.25) is 0 Å². The Morgan fingerprint density at radius 3 is 2.82 bits per heavy atom. The van der Waals surface area contributed by atoms with Crippen LogP contribution in [0.1, 0.15) is 22.7 Å². The first kappa shape index (κ1) is 14.6. The van der Waals surface area contributed by atoms with Crippen LogP contribution in [0.3, 0.4) is 0 Å². The Morgan fingerprint density at radius 2 is 2.05 bits per heavy atom. The number of rotatable bonds is 5. The van der Waals surface area contributed by atoms with Gasteiger partial charge in [-0.25, -0.2) is 0 Å². The fourth-order valence-corrected chi connectivity index (χ4v) is 2.84. The van der Waals surface area contributed by atoms with Gasteiger partial charge in [-0.3, -0.25) is 9.98 Å². The molecule has 3 rings (SSSR count). The Kier molecular flexibility index (Phi) is 4.68. The highest BCUT2D eigenvalue weighted by Gasteiger charge is 2.25. The van der Waals surface area contributed by atoms with Crippen LogP contribution in [0.15, 0.2) is 53.7 Å². The molecule has 0 saturated carbocycles. The fraction of sp³-hybridized carbons (Fsp3) is 0.333. The predicted molar refractivity (Wildman–Crippen MR) is 90.2 cm³/mol. The summed E-state index contributed by atoms with van der Waals surface area (Å²) in [5, 5.41) is 6.76. The molecule has 2 N–H and O–H groups in total. The maximum absolute atomic E-state index is 4.32. The molecule has 1 unspecified atom stereocenters. The number of guanidine groups is 1. The van der Waals surface area contributed by atoms with Crippen LogP contribution in [-0.2, 0) is 12.8 Å². The molecule has 1 aliphatic carbocycles. The summed E-state index contributed by atoms with van der Waals surface area (Å²) in [5.41, 5.74) is 4.05. The van der Waals surface area contributed by atoms with Crippen molar-refractivity contribution in [3.63, 3.8) is 0 Å². The lowest BCUT2D eigenvalue weighted by Crippen LogP contribution is -2.41. The van der Waals surface area contributed by atoms with Gasteiger partial charge in [0.25, 0.3) is 0 Å². The highest BCUT2D eigenvalue weighted by Crippen LogP contribution is 2.33.